The second-order valence-corrected chi connectivity index (χ2v) is 6.46. The van der Waals surface area contributed by atoms with Gasteiger partial charge in [0.05, 0.1) is 6.10 Å². The highest BCUT2D eigenvalue weighted by molar-refractivity contribution is 5.58. The largest absolute Gasteiger partial charge is 0.377 e. The van der Waals surface area contributed by atoms with Gasteiger partial charge in [-0.25, -0.2) is 0 Å². The number of nitrogens with one attached hydrogen (secondary N) is 1. The fourth-order valence-corrected chi connectivity index (χ4v) is 3.88. The maximum Gasteiger partial charge on any atom is 0.0703 e. The van der Waals surface area contributed by atoms with Crippen LogP contribution in [0.5, 0.6) is 0 Å². The van der Waals surface area contributed by atoms with E-state index in [4.69, 9.17) is 4.74 Å². The summed E-state index contributed by atoms with van der Waals surface area (Å²) in [6.45, 7) is 8.69. The molecule has 0 aromatic heterocycles. The van der Waals surface area contributed by atoms with E-state index in [1.165, 1.54) is 24.1 Å². The van der Waals surface area contributed by atoms with E-state index in [0.717, 1.165) is 52.4 Å². The van der Waals surface area contributed by atoms with Gasteiger partial charge in [0.25, 0.3) is 0 Å². The number of piperazine rings is 1. The fraction of sp³-hybridized carbons (Fsp3) is 0.647. The van der Waals surface area contributed by atoms with Gasteiger partial charge < -0.3 is 15.0 Å². The molecule has 0 radical (unpaired) electrons. The minimum atomic E-state index is 0.460. The minimum Gasteiger partial charge on any atom is -0.377 e. The monoisotopic (exact) mass is 287 g/mol. The van der Waals surface area contributed by atoms with Crippen LogP contribution in [-0.2, 0) is 17.8 Å². The fourth-order valence-electron chi connectivity index (χ4n) is 3.88. The first-order valence-electron chi connectivity index (χ1n) is 8.30. The highest BCUT2D eigenvalue weighted by atomic mass is 16.5. The quantitative estimate of drug-likeness (QED) is 0.914. The average Bonchev–Trinajstić information content (AvgIpc) is 3.17. The van der Waals surface area contributed by atoms with Gasteiger partial charge in [-0.3, -0.25) is 4.90 Å². The Hall–Kier alpha value is -1.10. The molecule has 3 aliphatic rings. The maximum atomic E-state index is 5.80. The molecule has 1 aromatic carbocycles. The van der Waals surface area contributed by atoms with E-state index in [9.17, 15) is 0 Å². The average molecular weight is 287 g/mol. The van der Waals surface area contributed by atoms with Crippen molar-refractivity contribution in [2.24, 2.45) is 0 Å². The molecule has 1 aromatic rings. The summed E-state index contributed by atoms with van der Waals surface area (Å²) in [6.07, 6.45) is 2.93. The van der Waals surface area contributed by atoms with Crippen LogP contribution in [0.15, 0.2) is 18.2 Å². The molecule has 0 amide bonds. The number of benzene rings is 1. The normalized spacial score (nSPS) is 26.3. The summed E-state index contributed by atoms with van der Waals surface area (Å²) in [5.74, 6) is 0. The third-order valence-electron chi connectivity index (χ3n) is 4.97. The van der Waals surface area contributed by atoms with E-state index in [2.05, 4.69) is 33.3 Å². The lowest BCUT2D eigenvalue weighted by atomic mass is 10.1. The molecule has 0 aliphatic carbocycles. The van der Waals surface area contributed by atoms with Gasteiger partial charge in [-0.05, 0) is 30.0 Å². The van der Waals surface area contributed by atoms with Crippen LogP contribution in [0.3, 0.4) is 0 Å². The van der Waals surface area contributed by atoms with E-state index >= 15 is 0 Å². The van der Waals surface area contributed by atoms with Crippen molar-refractivity contribution in [3.05, 3.63) is 29.3 Å². The van der Waals surface area contributed by atoms with Crippen molar-refractivity contribution in [2.75, 3.05) is 44.2 Å². The molecule has 4 nitrogen and oxygen atoms in total. The van der Waals surface area contributed by atoms with Crippen LogP contribution < -0.4 is 10.2 Å². The van der Waals surface area contributed by atoms with E-state index in [-0.39, 0.29) is 0 Å². The summed E-state index contributed by atoms with van der Waals surface area (Å²) in [5, 5.41) is 3.44. The Balaban J connectivity index is 1.49. The molecule has 114 valence electrons. The van der Waals surface area contributed by atoms with E-state index in [1.54, 1.807) is 5.56 Å². The molecule has 0 bridgehead atoms. The lowest BCUT2D eigenvalue weighted by Gasteiger charge is -2.31. The molecule has 1 unspecified atom stereocenters. The van der Waals surface area contributed by atoms with Crippen LogP contribution in [0.4, 0.5) is 5.69 Å². The van der Waals surface area contributed by atoms with Gasteiger partial charge in [0, 0.05) is 58.1 Å². The second kappa shape index (κ2) is 5.95. The topological polar surface area (TPSA) is 27.7 Å². The van der Waals surface area contributed by atoms with Crippen LogP contribution in [-0.4, -0.2) is 50.3 Å². The molecular weight excluding hydrogens is 262 g/mol. The summed E-state index contributed by atoms with van der Waals surface area (Å²) in [7, 11) is 0. The number of hydrogen-bond acceptors (Lipinski definition) is 4. The molecule has 0 saturated carbocycles. The first kappa shape index (κ1) is 13.6. The van der Waals surface area contributed by atoms with Crippen molar-refractivity contribution in [1.82, 2.24) is 10.2 Å². The molecule has 21 heavy (non-hydrogen) atoms. The van der Waals surface area contributed by atoms with E-state index < -0.39 is 0 Å². The Kier molecular flexibility index (Phi) is 3.84. The molecule has 2 saturated heterocycles. The molecule has 4 rings (SSSR count). The molecule has 3 aliphatic heterocycles. The Morgan fingerprint density at radius 3 is 2.90 bits per heavy atom. The Morgan fingerprint density at radius 2 is 2.10 bits per heavy atom. The number of hydrogen-bond donors (Lipinski definition) is 1. The second-order valence-electron chi connectivity index (χ2n) is 6.46. The van der Waals surface area contributed by atoms with Crippen LogP contribution in [0.25, 0.3) is 0 Å². The van der Waals surface area contributed by atoms with Gasteiger partial charge in [-0.15, -0.1) is 0 Å². The van der Waals surface area contributed by atoms with Gasteiger partial charge >= 0.3 is 0 Å². The van der Waals surface area contributed by atoms with Crippen molar-refractivity contribution in [2.45, 2.75) is 32.0 Å². The zero-order chi connectivity index (χ0) is 14.1. The lowest BCUT2D eigenvalue weighted by molar-refractivity contribution is 0.0723. The summed E-state index contributed by atoms with van der Waals surface area (Å²) in [6, 6.07) is 6.84. The Bertz CT molecular complexity index is 493. The smallest absolute Gasteiger partial charge is 0.0703 e. The molecule has 1 N–H and O–H groups in total. The zero-order valence-corrected chi connectivity index (χ0v) is 12.7. The van der Waals surface area contributed by atoms with Crippen LogP contribution in [0.2, 0.25) is 0 Å². The van der Waals surface area contributed by atoms with Crippen LogP contribution in [0.1, 0.15) is 24.0 Å². The Morgan fingerprint density at radius 1 is 1.19 bits per heavy atom. The zero-order valence-electron chi connectivity index (χ0n) is 12.7. The van der Waals surface area contributed by atoms with Gasteiger partial charge in [0.1, 0.15) is 0 Å². The van der Waals surface area contributed by atoms with Gasteiger partial charge in [0.2, 0.25) is 0 Å². The number of rotatable bonds is 3. The summed E-state index contributed by atoms with van der Waals surface area (Å²) >= 11 is 0. The maximum absolute atomic E-state index is 5.80. The number of ether oxygens (including phenoxy) is 1. The summed E-state index contributed by atoms with van der Waals surface area (Å²) < 4.78 is 5.80. The Labute approximate surface area is 127 Å². The van der Waals surface area contributed by atoms with Crippen LogP contribution in [0, 0.1) is 0 Å². The molecule has 1 atom stereocenters. The predicted octanol–water partition coefficient (Wildman–Crippen LogP) is 1.59. The van der Waals surface area contributed by atoms with Crippen LogP contribution >= 0.6 is 0 Å². The molecule has 0 spiro atoms. The first-order chi connectivity index (χ1) is 10.4. The molecule has 3 heterocycles. The first-order valence-corrected chi connectivity index (χ1v) is 8.30. The minimum absolute atomic E-state index is 0.460. The van der Waals surface area contributed by atoms with Gasteiger partial charge in [0.15, 0.2) is 0 Å². The predicted molar refractivity (Wildman–Crippen MR) is 84.6 cm³/mol. The van der Waals surface area contributed by atoms with Crippen molar-refractivity contribution in [3.63, 3.8) is 0 Å². The number of fused-ring (bicyclic) bond motifs is 1. The SMILES string of the molecule is c1cc2c(c(N3CCNCC3)c1)CN(CC1CCCO1)C2. The van der Waals surface area contributed by atoms with Crippen molar-refractivity contribution in [1.29, 1.82) is 0 Å². The third-order valence-corrected chi connectivity index (χ3v) is 4.97. The summed E-state index contributed by atoms with van der Waals surface area (Å²) in [4.78, 5) is 5.11. The van der Waals surface area contributed by atoms with Gasteiger partial charge in [-0.2, -0.15) is 0 Å². The molecular formula is C17H25N3O. The number of anilines is 1. The van der Waals surface area contributed by atoms with E-state index in [0.29, 0.717) is 6.10 Å². The highest BCUT2D eigenvalue weighted by Gasteiger charge is 2.27. The summed E-state index contributed by atoms with van der Waals surface area (Å²) in [5.41, 5.74) is 4.53. The van der Waals surface area contributed by atoms with Gasteiger partial charge in [-0.1, -0.05) is 12.1 Å². The number of nitrogens with zero attached hydrogens (tertiary/aromatic N) is 2. The molecule has 4 heteroatoms. The van der Waals surface area contributed by atoms with Crippen molar-refractivity contribution < 1.29 is 4.74 Å². The van der Waals surface area contributed by atoms with Crippen molar-refractivity contribution >= 4 is 5.69 Å². The third kappa shape index (κ3) is 2.80. The van der Waals surface area contributed by atoms with E-state index in [1.807, 2.05) is 0 Å². The standard InChI is InChI=1S/C17H25N3O/c1-3-14-11-19(12-15-4-2-10-21-15)13-16(14)17(5-1)20-8-6-18-7-9-20/h1,3,5,15,18H,2,4,6-13H2. The lowest BCUT2D eigenvalue weighted by Crippen LogP contribution is -2.43. The highest BCUT2D eigenvalue weighted by Crippen LogP contribution is 2.32. The molecule has 2 fully saturated rings. The van der Waals surface area contributed by atoms with Crippen molar-refractivity contribution in [3.8, 4) is 0 Å².